The average molecular weight is 357 g/mol. The molecule has 2 nitrogen and oxygen atoms in total. The fourth-order valence-electron chi connectivity index (χ4n) is 1.59. The molecule has 0 aliphatic carbocycles. The van der Waals surface area contributed by atoms with E-state index in [1.807, 2.05) is 31.2 Å². The molecule has 5 heteroatoms. The molecule has 0 bridgehead atoms. The van der Waals surface area contributed by atoms with Gasteiger partial charge < -0.3 is 10.5 Å². The lowest BCUT2D eigenvalue weighted by molar-refractivity contribution is 0.481. The fraction of sp³-hybridized carbons (Fsp3) is 0.0714. The molecule has 19 heavy (non-hydrogen) atoms. The summed E-state index contributed by atoms with van der Waals surface area (Å²) in [4.78, 5) is 0.299. The molecule has 0 saturated heterocycles. The molecule has 0 spiro atoms. The van der Waals surface area contributed by atoms with Crippen molar-refractivity contribution >= 4 is 44.7 Å². The lowest BCUT2D eigenvalue weighted by Gasteiger charge is -2.11. The highest BCUT2D eigenvalue weighted by Gasteiger charge is 2.09. The standard InChI is InChI=1S/C14H11BrClNOS/c1-8-6-10(3-5-12(8)16)18-13-7-9(15)2-4-11(13)14(17)19/h2-7H,1H3,(H2,17,19). The minimum absolute atomic E-state index is 0.299. The van der Waals surface area contributed by atoms with E-state index in [9.17, 15) is 0 Å². The lowest BCUT2D eigenvalue weighted by atomic mass is 10.2. The second-order valence-electron chi connectivity index (χ2n) is 4.02. The van der Waals surface area contributed by atoms with Gasteiger partial charge in [-0.3, -0.25) is 0 Å². The molecule has 0 amide bonds. The summed E-state index contributed by atoms with van der Waals surface area (Å²) < 4.78 is 6.73. The Balaban J connectivity index is 2.39. The first kappa shape index (κ1) is 14.3. The van der Waals surface area contributed by atoms with Crippen LogP contribution in [0.4, 0.5) is 0 Å². The Labute approximate surface area is 130 Å². The quantitative estimate of drug-likeness (QED) is 0.799. The minimum atomic E-state index is 0.299. The van der Waals surface area contributed by atoms with E-state index >= 15 is 0 Å². The van der Waals surface area contributed by atoms with Gasteiger partial charge in [-0.1, -0.05) is 39.7 Å². The minimum Gasteiger partial charge on any atom is -0.457 e. The SMILES string of the molecule is Cc1cc(Oc2cc(Br)ccc2C(N)=S)ccc1Cl. The van der Waals surface area contributed by atoms with Crippen LogP contribution in [0.15, 0.2) is 40.9 Å². The first-order valence-corrected chi connectivity index (χ1v) is 7.08. The molecule has 2 N–H and O–H groups in total. The van der Waals surface area contributed by atoms with Crippen LogP contribution in [0.2, 0.25) is 5.02 Å². The number of rotatable bonds is 3. The Morgan fingerprint density at radius 3 is 2.63 bits per heavy atom. The van der Waals surface area contributed by atoms with E-state index in [1.165, 1.54) is 0 Å². The zero-order valence-electron chi connectivity index (χ0n) is 10.1. The van der Waals surface area contributed by atoms with Gasteiger partial charge >= 0.3 is 0 Å². The van der Waals surface area contributed by atoms with Crippen LogP contribution in [0, 0.1) is 6.92 Å². The third-order valence-electron chi connectivity index (χ3n) is 2.57. The van der Waals surface area contributed by atoms with Crippen molar-refractivity contribution in [3.63, 3.8) is 0 Å². The van der Waals surface area contributed by atoms with Crippen LogP contribution < -0.4 is 10.5 Å². The lowest BCUT2D eigenvalue weighted by Crippen LogP contribution is -2.10. The summed E-state index contributed by atoms with van der Waals surface area (Å²) >= 11 is 14.4. The van der Waals surface area contributed by atoms with Crippen LogP contribution in [0.5, 0.6) is 11.5 Å². The monoisotopic (exact) mass is 355 g/mol. The summed E-state index contributed by atoms with van der Waals surface area (Å²) in [5.41, 5.74) is 7.34. The molecular formula is C14H11BrClNOS. The molecule has 0 atom stereocenters. The Hall–Kier alpha value is -1.10. The molecule has 98 valence electrons. The van der Waals surface area contributed by atoms with Crippen LogP contribution in [0.3, 0.4) is 0 Å². The van der Waals surface area contributed by atoms with Crippen molar-refractivity contribution in [3.05, 3.63) is 57.0 Å². The highest BCUT2D eigenvalue weighted by molar-refractivity contribution is 9.10. The predicted octanol–water partition coefficient (Wildman–Crippen LogP) is 4.84. The molecule has 0 saturated carbocycles. The molecule has 0 aromatic heterocycles. The number of benzene rings is 2. The van der Waals surface area contributed by atoms with Gasteiger partial charge in [0.05, 0.1) is 5.56 Å². The van der Waals surface area contributed by atoms with Crippen molar-refractivity contribution in [3.8, 4) is 11.5 Å². The van der Waals surface area contributed by atoms with E-state index in [1.54, 1.807) is 12.1 Å². The van der Waals surface area contributed by atoms with Crippen LogP contribution in [0.1, 0.15) is 11.1 Å². The van der Waals surface area contributed by atoms with E-state index in [-0.39, 0.29) is 0 Å². The van der Waals surface area contributed by atoms with E-state index in [0.717, 1.165) is 10.0 Å². The number of ether oxygens (including phenoxy) is 1. The van der Waals surface area contributed by atoms with E-state index < -0.39 is 0 Å². The van der Waals surface area contributed by atoms with Crippen molar-refractivity contribution in [2.45, 2.75) is 6.92 Å². The normalized spacial score (nSPS) is 10.3. The molecule has 0 aliphatic heterocycles. The van der Waals surface area contributed by atoms with Crippen molar-refractivity contribution in [1.82, 2.24) is 0 Å². The number of hydrogen-bond acceptors (Lipinski definition) is 2. The van der Waals surface area contributed by atoms with Crippen LogP contribution in [0.25, 0.3) is 0 Å². The van der Waals surface area contributed by atoms with Crippen molar-refractivity contribution in [2.24, 2.45) is 5.73 Å². The molecular weight excluding hydrogens is 346 g/mol. The van der Waals surface area contributed by atoms with Gasteiger partial charge in [-0.05, 0) is 48.9 Å². The van der Waals surface area contributed by atoms with Crippen molar-refractivity contribution < 1.29 is 4.74 Å². The number of thiocarbonyl (C=S) groups is 1. The molecule has 2 rings (SSSR count). The highest BCUT2D eigenvalue weighted by atomic mass is 79.9. The second kappa shape index (κ2) is 5.90. The molecule has 0 aliphatic rings. The molecule has 2 aromatic rings. The molecule has 0 unspecified atom stereocenters. The highest BCUT2D eigenvalue weighted by Crippen LogP contribution is 2.30. The largest absolute Gasteiger partial charge is 0.457 e. The molecule has 0 radical (unpaired) electrons. The first-order valence-electron chi connectivity index (χ1n) is 5.51. The van der Waals surface area contributed by atoms with Gasteiger partial charge in [0.25, 0.3) is 0 Å². The van der Waals surface area contributed by atoms with E-state index in [4.69, 9.17) is 34.3 Å². The second-order valence-corrected chi connectivity index (χ2v) is 5.78. The third-order valence-corrected chi connectivity index (χ3v) is 3.70. The molecule has 0 fully saturated rings. The zero-order valence-corrected chi connectivity index (χ0v) is 13.3. The summed E-state index contributed by atoms with van der Waals surface area (Å²) in [6.45, 7) is 1.92. The van der Waals surface area contributed by atoms with Gasteiger partial charge in [0.2, 0.25) is 0 Å². The van der Waals surface area contributed by atoms with Gasteiger partial charge in [0.15, 0.2) is 0 Å². The van der Waals surface area contributed by atoms with E-state index in [2.05, 4.69) is 15.9 Å². The van der Waals surface area contributed by atoms with Crippen LogP contribution in [-0.4, -0.2) is 4.99 Å². The van der Waals surface area contributed by atoms with Gasteiger partial charge in [-0.15, -0.1) is 0 Å². The average Bonchev–Trinajstić information content (AvgIpc) is 2.33. The predicted molar refractivity (Wildman–Crippen MR) is 86.3 cm³/mol. The maximum absolute atomic E-state index is 5.99. The van der Waals surface area contributed by atoms with Crippen LogP contribution >= 0.6 is 39.7 Å². The Morgan fingerprint density at radius 2 is 2.00 bits per heavy atom. The first-order chi connectivity index (χ1) is 8.97. The Bertz CT molecular complexity index is 645. The van der Waals surface area contributed by atoms with Gasteiger partial charge in [-0.25, -0.2) is 0 Å². The van der Waals surface area contributed by atoms with Gasteiger partial charge in [0.1, 0.15) is 16.5 Å². The van der Waals surface area contributed by atoms with Crippen molar-refractivity contribution in [1.29, 1.82) is 0 Å². The van der Waals surface area contributed by atoms with Crippen molar-refractivity contribution in [2.75, 3.05) is 0 Å². The topological polar surface area (TPSA) is 35.2 Å². The summed E-state index contributed by atoms with van der Waals surface area (Å²) in [6, 6.07) is 11.0. The third kappa shape index (κ3) is 3.47. The number of nitrogens with two attached hydrogens (primary N) is 1. The Kier molecular flexibility index (Phi) is 4.45. The molecule has 0 heterocycles. The number of halogens is 2. The number of aryl methyl sites for hydroxylation is 1. The fourth-order valence-corrected chi connectivity index (χ4v) is 2.22. The van der Waals surface area contributed by atoms with E-state index in [0.29, 0.717) is 27.1 Å². The van der Waals surface area contributed by atoms with Gasteiger partial charge in [-0.2, -0.15) is 0 Å². The summed E-state index contributed by atoms with van der Waals surface area (Å²) in [5.74, 6) is 1.31. The maximum Gasteiger partial charge on any atom is 0.138 e. The smallest absolute Gasteiger partial charge is 0.138 e. The zero-order chi connectivity index (χ0) is 14.0. The van der Waals surface area contributed by atoms with Crippen LogP contribution in [-0.2, 0) is 0 Å². The Morgan fingerprint density at radius 1 is 1.26 bits per heavy atom. The summed E-state index contributed by atoms with van der Waals surface area (Å²) in [5, 5.41) is 0.705. The van der Waals surface area contributed by atoms with Gasteiger partial charge in [0, 0.05) is 9.50 Å². The molecule has 2 aromatic carbocycles. The number of hydrogen-bond donors (Lipinski definition) is 1. The maximum atomic E-state index is 5.99. The summed E-state index contributed by atoms with van der Waals surface area (Å²) in [6.07, 6.45) is 0. The summed E-state index contributed by atoms with van der Waals surface area (Å²) in [7, 11) is 0.